The highest BCUT2D eigenvalue weighted by atomic mass is 16.6. The molecule has 2 unspecified atom stereocenters. The molecular formula is C18H19N3O5. The van der Waals surface area contributed by atoms with E-state index in [4.69, 9.17) is 4.74 Å². The highest BCUT2D eigenvalue weighted by Crippen LogP contribution is 2.35. The first-order valence-electron chi connectivity index (χ1n) is 8.39. The molecule has 0 saturated carbocycles. The molecule has 1 aliphatic rings. The van der Waals surface area contributed by atoms with E-state index >= 15 is 0 Å². The molecule has 2 atom stereocenters. The quantitative estimate of drug-likeness (QED) is 0.616. The summed E-state index contributed by atoms with van der Waals surface area (Å²) in [7, 11) is 0. The van der Waals surface area contributed by atoms with Crippen molar-refractivity contribution in [3.63, 3.8) is 0 Å². The standard InChI is InChI=1S/C18H19N3O5/c22-20(23)15-8-9-16(17(11-15)21(24)25)19-12-14-7-4-10-26-18(14)13-5-2-1-3-6-13/h1-3,5-6,8-9,11,14,18-19H,4,7,10,12H2. The van der Waals surface area contributed by atoms with Crippen molar-refractivity contribution in [1.29, 1.82) is 0 Å². The smallest absolute Gasteiger partial charge is 0.299 e. The number of rotatable bonds is 6. The summed E-state index contributed by atoms with van der Waals surface area (Å²) in [6.45, 7) is 1.17. The number of hydrogen-bond donors (Lipinski definition) is 1. The Morgan fingerprint density at radius 3 is 2.54 bits per heavy atom. The maximum Gasteiger partial charge on any atom is 0.299 e. The van der Waals surface area contributed by atoms with Crippen molar-refractivity contribution in [2.75, 3.05) is 18.5 Å². The molecule has 1 heterocycles. The van der Waals surface area contributed by atoms with Crippen LogP contribution in [-0.2, 0) is 4.74 Å². The molecule has 0 bridgehead atoms. The number of benzene rings is 2. The zero-order chi connectivity index (χ0) is 18.5. The van der Waals surface area contributed by atoms with Crippen LogP contribution in [0.25, 0.3) is 0 Å². The van der Waals surface area contributed by atoms with Gasteiger partial charge >= 0.3 is 0 Å². The molecule has 2 aromatic rings. The molecule has 8 heteroatoms. The second kappa shape index (κ2) is 7.92. The maximum absolute atomic E-state index is 11.3. The van der Waals surface area contributed by atoms with E-state index in [1.165, 1.54) is 12.1 Å². The van der Waals surface area contributed by atoms with Crippen LogP contribution in [-0.4, -0.2) is 23.0 Å². The SMILES string of the molecule is O=[N+]([O-])c1ccc(NCC2CCCOC2c2ccccc2)c([N+](=O)[O-])c1. The molecule has 0 radical (unpaired) electrons. The van der Waals surface area contributed by atoms with Crippen molar-refractivity contribution >= 4 is 17.1 Å². The van der Waals surface area contributed by atoms with E-state index in [9.17, 15) is 20.2 Å². The molecule has 1 aliphatic heterocycles. The third-order valence-electron chi connectivity index (χ3n) is 4.52. The van der Waals surface area contributed by atoms with Crippen molar-refractivity contribution in [3.8, 4) is 0 Å². The Morgan fingerprint density at radius 2 is 1.85 bits per heavy atom. The van der Waals surface area contributed by atoms with Gasteiger partial charge in [-0.1, -0.05) is 30.3 Å². The summed E-state index contributed by atoms with van der Waals surface area (Å²) in [6, 6.07) is 13.5. The fourth-order valence-electron chi connectivity index (χ4n) is 3.24. The van der Waals surface area contributed by atoms with Crippen molar-refractivity contribution in [2.45, 2.75) is 18.9 Å². The Hall–Kier alpha value is -3.00. The van der Waals surface area contributed by atoms with E-state index in [2.05, 4.69) is 5.32 Å². The second-order valence-electron chi connectivity index (χ2n) is 6.20. The van der Waals surface area contributed by atoms with Crippen LogP contribution in [0.15, 0.2) is 48.5 Å². The van der Waals surface area contributed by atoms with Gasteiger partial charge in [-0.25, -0.2) is 0 Å². The van der Waals surface area contributed by atoms with Gasteiger partial charge in [-0.05, 0) is 24.5 Å². The summed E-state index contributed by atoms with van der Waals surface area (Å²) < 4.78 is 5.93. The topological polar surface area (TPSA) is 108 Å². The number of nitrogens with one attached hydrogen (secondary N) is 1. The van der Waals surface area contributed by atoms with Gasteiger partial charge in [-0.2, -0.15) is 0 Å². The Kier molecular flexibility index (Phi) is 5.43. The summed E-state index contributed by atoms with van der Waals surface area (Å²) in [5, 5.41) is 25.2. The molecule has 0 aromatic heterocycles. The van der Waals surface area contributed by atoms with E-state index in [0.717, 1.165) is 24.5 Å². The normalized spacial score (nSPS) is 19.7. The summed E-state index contributed by atoms with van der Waals surface area (Å²) in [5.74, 6) is 0.154. The zero-order valence-electron chi connectivity index (χ0n) is 14.0. The van der Waals surface area contributed by atoms with Crippen molar-refractivity contribution in [1.82, 2.24) is 0 Å². The molecule has 136 valence electrons. The van der Waals surface area contributed by atoms with E-state index in [1.54, 1.807) is 0 Å². The van der Waals surface area contributed by atoms with Crippen LogP contribution in [0.3, 0.4) is 0 Å². The van der Waals surface area contributed by atoms with E-state index < -0.39 is 9.85 Å². The van der Waals surface area contributed by atoms with Crippen LogP contribution < -0.4 is 5.32 Å². The van der Waals surface area contributed by atoms with Crippen LogP contribution in [0.2, 0.25) is 0 Å². The molecule has 0 aliphatic carbocycles. The van der Waals surface area contributed by atoms with E-state index in [-0.39, 0.29) is 29.1 Å². The molecule has 1 saturated heterocycles. The van der Waals surface area contributed by atoms with E-state index in [0.29, 0.717) is 13.2 Å². The van der Waals surface area contributed by atoms with Crippen LogP contribution in [0.1, 0.15) is 24.5 Å². The van der Waals surface area contributed by atoms with Crippen LogP contribution in [0.4, 0.5) is 17.1 Å². The Balaban J connectivity index is 1.76. The second-order valence-corrected chi connectivity index (χ2v) is 6.20. The number of hydrogen-bond acceptors (Lipinski definition) is 6. The lowest BCUT2D eigenvalue weighted by Crippen LogP contribution is -2.28. The van der Waals surface area contributed by atoms with Gasteiger partial charge in [0.25, 0.3) is 11.4 Å². The first kappa shape index (κ1) is 17.8. The molecule has 1 N–H and O–H groups in total. The summed E-state index contributed by atoms with van der Waals surface area (Å²) >= 11 is 0. The van der Waals surface area contributed by atoms with Crippen LogP contribution in [0, 0.1) is 26.1 Å². The lowest BCUT2D eigenvalue weighted by atomic mass is 9.89. The van der Waals surface area contributed by atoms with Gasteiger partial charge in [0.05, 0.1) is 22.0 Å². The van der Waals surface area contributed by atoms with Gasteiger partial charge < -0.3 is 10.1 Å². The average molecular weight is 357 g/mol. The predicted octanol–water partition coefficient (Wildman–Crippen LogP) is 4.08. The highest BCUT2D eigenvalue weighted by molar-refractivity contribution is 5.65. The lowest BCUT2D eigenvalue weighted by molar-refractivity contribution is -0.393. The average Bonchev–Trinajstić information content (AvgIpc) is 2.67. The minimum Gasteiger partial charge on any atom is -0.379 e. The molecular weight excluding hydrogens is 338 g/mol. The van der Waals surface area contributed by atoms with Gasteiger partial charge in [-0.15, -0.1) is 0 Å². The van der Waals surface area contributed by atoms with Gasteiger partial charge in [0.15, 0.2) is 0 Å². The monoisotopic (exact) mass is 357 g/mol. The summed E-state index contributed by atoms with van der Waals surface area (Å²) in [4.78, 5) is 20.8. The number of anilines is 1. The highest BCUT2D eigenvalue weighted by Gasteiger charge is 2.28. The fourth-order valence-corrected chi connectivity index (χ4v) is 3.24. The van der Waals surface area contributed by atoms with Crippen molar-refractivity contribution in [3.05, 3.63) is 74.3 Å². The lowest BCUT2D eigenvalue weighted by Gasteiger charge is -2.32. The molecule has 1 fully saturated rings. The number of nitro groups is 2. The molecule has 26 heavy (non-hydrogen) atoms. The van der Waals surface area contributed by atoms with Crippen molar-refractivity contribution < 1.29 is 14.6 Å². The number of nitrogens with zero attached hydrogens (tertiary/aromatic N) is 2. The fraction of sp³-hybridized carbons (Fsp3) is 0.333. The number of nitro benzene ring substituents is 2. The summed E-state index contributed by atoms with van der Waals surface area (Å²) in [6.07, 6.45) is 1.79. The third kappa shape index (κ3) is 3.97. The molecule has 3 rings (SSSR count). The Morgan fingerprint density at radius 1 is 1.08 bits per heavy atom. The first-order valence-corrected chi connectivity index (χ1v) is 8.39. The molecule has 8 nitrogen and oxygen atoms in total. The minimum atomic E-state index is -0.642. The maximum atomic E-state index is 11.3. The van der Waals surface area contributed by atoms with Gasteiger partial charge in [0.1, 0.15) is 5.69 Å². The van der Waals surface area contributed by atoms with Gasteiger partial charge in [-0.3, -0.25) is 20.2 Å². The van der Waals surface area contributed by atoms with Crippen LogP contribution >= 0.6 is 0 Å². The van der Waals surface area contributed by atoms with Crippen molar-refractivity contribution in [2.24, 2.45) is 5.92 Å². The number of non-ortho nitro benzene ring substituents is 1. The van der Waals surface area contributed by atoms with Gasteiger partial charge in [0, 0.05) is 25.1 Å². The number of ether oxygens (including phenoxy) is 1. The third-order valence-corrected chi connectivity index (χ3v) is 4.52. The first-order chi connectivity index (χ1) is 12.6. The van der Waals surface area contributed by atoms with Gasteiger partial charge in [0.2, 0.25) is 0 Å². The molecule has 0 spiro atoms. The minimum absolute atomic E-state index is 0.0745. The predicted molar refractivity (Wildman–Crippen MR) is 96.1 cm³/mol. The van der Waals surface area contributed by atoms with E-state index in [1.807, 2.05) is 30.3 Å². The Labute approximate surface area is 150 Å². The largest absolute Gasteiger partial charge is 0.379 e. The Bertz CT molecular complexity index is 797. The van der Waals surface area contributed by atoms with Crippen LogP contribution in [0.5, 0.6) is 0 Å². The zero-order valence-corrected chi connectivity index (χ0v) is 14.0. The summed E-state index contributed by atoms with van der Waals surface area (Å²) in [5.41, 5.74) is 0.757. The molecule has 0 amide bonds. The molecule has 2 aromatic carbocycles.